The third-order valence-corrected chi connectivity index (χ3v) is 4.86. The number of aliphatic carboxylic acids is 1. The first-order valence-electron chi connectivity index (χ1n) is 8.64. The average molecular weight is 377 g/mol. The third-order valence-electron chi connectivity index (χ3n) is 4.60. The summed E-state index contributed by atoms with van der Waals surface area (Å²) in [6.45, 7) is 3.00. The summed E-state index contributed by atoms with van der Waals surface area (Å²) in [5, 5.41) is 13.8. The molecular formula is C18H21ClN4O3. The van der Waals surface area contributed by atoms with Crippen LogP contribution >= 0.6 is 11.6 Å². The van der Waals surface area contributed by atoms with Gasteiger partial charge in [-0.1, -0.05) is 11.6 Å². The number of likely N-dealkylation sites (tertiary alicyclic amines) is 1. The molecule has 1 N–H and O–H groups in total. The molecule has 0 bridgehead atoms. The van der Waals surface area contributed by atoms with Crippen molar-refractivity contribution in [3.05, 3.63) is 40.9 Å². The number of carboxylic acids is 1. The van der Waals surface area contributed by atoms with Gasteiger partial charge in [-0.2, -0.15) is 0 Å². The third kappa shape index (κ3) is 4.22. The van der Waals surface area contributed by atoms with Gasteiger partial charge in [0.05, 0.1) is 5.69 Å². The van der Waals surface area contributed by atoms with Crippen molar-refractivity contribution in [2.24, 2.45) is 5.92 Å². The molecule has 1 amide bonds. The van der Waals surface area contributed by atoms with Gasteiger partial charge >= 0.3 is 5.97 Å². The van der Waals surface area contributed by atoms with Crippen molar-refractivity contribution in [1.29, 1.82) is 0 Å². The number of nitrogens with zero attached hydrogens (tertiary/aromatic N) is 4. The molecule has 1 aliphatic rings. The fourth-order valence-corrected chi connectivity index (χ4v) is 3.39. The number of halogens is 1. The molecular weight excluding hydrogens is 356 g/mol. The summed E-state index contributed by atoms with van der Waals surface area (Å²) in [7, 11) is 0. The minimum atomic E-state index is -0.799. The topological polar surface area (TPSA) is 88.3 Å². The lowest BCUT2D eigenvalue weighted by atomic mass is 9.93. The maximum atomic E-state index is 12.8. The van der Waals surface area contributed by atoms with E-state index in [0.717, 1.165) is 18.5 Å². The van der Waals surface area contributed by atoms with Crippen LogP contribution in [0.5, 0.6) is 0 Å². The number of carbonyl (C=O) groups excluding carboxylic acids is 1. The van der Waals surface area contributed by atoms with Crippen molar-refractivity contribution >= 4 is 23.5 Å². The summed E-state index contributed by atoms with van der Waals surface area (Å²) < 4.78 is 1.62. The zero-order valence-corrected chi connectivity index (χ0v) is 15.3. The Morgan fingerprint density at radius 3 is 2.73 bits per heavy atom. The Bertz CT molecular complexity index is 803. The first-order chi connectivity index (χ1) is 12.4. The molecule has 7 nitrogen and oxygen atoms in total. The van der Waals surface area contributed by atoms with E-state index in [1.807, 2.05) is 12.1 Å². The van der Waals surface area contributed by atoms with Gasteiger partial charge in [0, 0.05) is 24.5 Å². The molecule has 0 spiro atoms. The molecule has 3 rings (SSSR count). The van der Waals surface area contributed by atoms with E-state index in [1.54, 1.807) is 28.6 Å². The Morgan fingerprint density at radius 1 is 1.31 bits per heavy atom. The van der Waals surface area contributed by atoms with Gasteiger partial charge in [0.15, 0.2) is 0 Å². The molecule has 0 aliphatic carbocycles. The summed E-state index contributed by atoms with van der Waals surface area (Å²) in [5.74, 6) is -0.0111. The quantitative estimate of drug-likeness (QED) is 0.866. The highest BCUT2D eigenvalue weighted by Gasteiger charge is 2.27. The number of hydrogen-bond acceptors (Lipinski definition) is 4. The normalized spacial score (nSPS) is 17.3. The molecule has 0 unspecified atom stereocenters. The number of aromatic nitrogens is 3. The molecule has 8 heteroatoms. The molecule has 2 aromatic rings. The summed E-state index contributed by atoms with van der Waals surface area (Å²) in [4.78, 5) is 29.6. The van der Waals surface area contributed by atoms with Crippen LogP contribution in [0.3, 0.4) is 0 Å². The van der Waals surface area contributed by atoms with Crippen molar-refractivity contribution in [3.63, 3.8) is 0 Å². The van der Waals surface area contributed by atoms with E-state index in [9.17, 15) is 9.59 Å². The van der Waals surface area contributed by atoms with E-state index in [2.05, 4.69) is 10.1 Å². The lowest BCUT2D eigenvalue weighted by Crippen LogP contribution is -2.40. The number of aryl methyl sites for hydroxylation is 1. The summed E-state index contributed by atoms with van der Waals surface area (Å²) in [6, 6.07) is 7.16. The maximum absolute atomic E-state index is 12.8. The van der Waals surface area contributed by atoms with Crippen LogP contribution in [0.4, 0.5) is 0 Å². The number of rotatable bonds is 5. The smallest absolute Gasteiger partial charge is 0.303 e. The Labute approximate surface area is 156 Å². The summed E-state index contributed by atoms with van der Waals surface area (Å²) >= 11 is 5.91. The fourth-order valence-electron chi connectivity index (χ4n) is 3.26. The summed E-state index contributed by atoms with van der Waals surface area (Å²) in [6.07, 6.45) is 2.54. The van der Waals surface area contributed by atoms with Gasteiger partial charge in [-0.15, -0.1) is 5.10 Å². The van der Waals surface area contributed by atoms with E-state index in [4.69, 9.17) is 16.7 Å². The molecule has 1 aliphatic heterocycles. The first kappa shape index (κ1) is 18.4. The zero-order chi connectivity index (χ0) is 18.7. The summed E-state index contributed by atoms with van der Waals surface area (Å²) in [5.41, 5.74) is 0.788. The maximum Gasteiger partial charge on any atom is 0.303 e. The van der Waals surface area contributed by atoms with Crippen LogP contribution in [0, 0.1) is 12.8 Å². The molecule has 1 aromatic carbocycles. The predicted molar refractivity (Wildman–Crippen MR) is 96.6 cm³/mol. The largest absolute Gasteiger partial charge is 0.481 e. The minimum absolute atomic E-state index is 0.134. The van der Waals surface area contributed by atoms with Crippen LogP contribution in [0.15, 0.2) is 24.3 Å². The molecule has 0 saturated carbocycles. The number of carbonyl (C=O) groups is 2. The number of amides is 1. The van der Waals surface area contributed by atoms with Crippen molar-refractivity contribution in [3.8, 4) is 5.69 Å². The van der Waals surface area contributed by atoms with Gasteiger partial charge in [-0.3, -0.25) is 9.59 Å². The van der Waals surface area contributed by atoms with Crippen LogP contribution in [-0.2, 0) is 4.79 Å². The van der Waals surface area contributed by atoms with Crippen LogP contribution in [0.1, 0.15) is 42.1 Å². The Balaban J connectivity index is 1.72. The highest BCUT2D eigenvalue weighted by Crippen LogP contribution is 2.22. The molecule has 1 aromatic heterocycles. The van der Waals surface area contributed by atoms with Crippen LogP contribution in [0.25, 0.3) is 5.69 Å². The monoisotopic (exact) mass is 376 g/mol. The number of hydrogen-bond donors (Lipinski definition) is 1. The molecule has 0 radical (unpaired) electrons. The van der Waals surface area contributed by atoms with E-state index in [1.165, 1.54) is 0 Å². The van der Waals surface area contributed by atoms with E-state index in [0.29, 0.717) is 30.4 Å². The van der Waals surface area contributed by atoms with Gasteiger partial charge in [-0.05, 0) is 56.4 Å². The lowest BCUT2D eigenvalue weighted by molar-refractivity contribution is -0.137. The number of benzene rings is 1. The van der Waals surface area contributed by atoms with Crippen LogP contribution in [-0.4, -0.2) is 49.7 Å². The van der Waals surface area contributed by atoms with Gasteiger partial charge in [-0.25, -0.2) is 9.67 Å². The molecule has 26 heavy (non-hydrogen) atoms. The van der Waals surface area contributed by atoms with Crippen molar-refractivity contribution in [2.45, 2.75) is 32.6 Å². The number of carboxylic acid groups (broad SMARTS) is 1. The first-order valence-corrected chi connectivity index (χ1v) is 9.02. The second-order valence-electron chi connectivity index (χ2n) is 6.56. The molecule has 1 fully saturated rings. The lowest BCUT2D eigenvalue weighted by Gasteiger charge is -2.31. The van der Waals surface area contributed by atoms with Gasteiger partial charge in [0.1, 0.15) is 5.82 Å². The van der Waals surface area contributed by atoms with Crippen molar-refractivity contribution in [1.82, 2.24) is 19.7 Å². The van der Waals surface area contributed by atoms with Crippen LogP contribution < -0.4 is 0 Å². The molecule has 138 valence electrons. The molecule has 1 saturated heterocycles. The second kappa shape index (κ2) is 7.86. The highest BCUT2D eigenvalue weighted by atomic mass is 35.5. The molecule has 1 atom stereocenters. The zero-order valence-electron chi connectivity index (χ0n) is 14.6. The minimum Gasteiger partial charge on any atom is -0.481 e. The predicted octanol–water partition coefficient (Wildman–Crippen LogP) is 2.95. The van der Waals surface area contributed by atoms with Gasteiger partial charge in [0.2, 0.25) is 5.82 Å². The standard InChI is InChI=1S/C18H21ClN4O3/c1-12-20-17(21-23(12)15-7-5-14(19)6-8-15)18(26)22-10-2-3-13(11-22)4-9-16(24)25/h5-8,13H,2-4,9-11H2,1H3,(H,24,25)/t13-/m1/s1. The van der Waals surface area contributed by atoms with E-state index >= 15 is 0 Å². The van der Waals surface area contributed by atoms with Crippen molar-refractivity contribution in [2.75, 3.05) is 13.1 Å². The highest BCUT2D eigenvalue weighted by molar-refractivity contribution is 6.30. The van der Waals surface area contributed by atoms with Gasteiger partial charge in [0.25, 0.3) is 5.91 Å². The second-order valence-corrected chi connectivity index (χ2v) is 7.00. The Morgan fingerprint density at radius 2 is 2.04 bits per heavy atom. The van der Waals surface area contributed by atoms with Crippen molar-refractivity contribution < 1.29 is 14.7 Å². The number of piperidine rings is 1. The SMILES string of the molecule is Cc1nc(C(=O)N2CCC[C@H](CCC(=O)O)C2)nn1-c1ccc(Cl)cc1. The fraction of sp³-hybridized carbons (Fsp3) is 0.444. The van der Waals surface area contributed by atoms with E-state index < -0.39 is 5.97 Å². The van der Waals surface area contributed by atoms with Crippen LogP contribution in [0.2, 0.25) is 5.02 Å². The Kier molecular flexibility index (Phi) is 5.56. The molecule has 2 heterocycles. The Hall–Kier alpha value is -2.41. The van der Waals surface area contributed by atoms with Gasteiger partial charge < -0.3 is 10.0 Å². The average Bonchev–Trinajstić information content (AvgIpc) is 3.02. The van der Waals surface area contributed by atoms with E-state index in [-0.39, 0.29) is 24.1 Å².